The summed E-state index contributed by atoms with van der Waals surface area (Å²) in [5, 5.41) is 0.413. The van der Waals surface area contributed by atoms with Crippen LogP contribution in [0.2, 0.25) is 0 Å². The third-order valence-electron chi connectivity index (χ3n) is 1.85. The van der Waals surface area contributed by atoms with Gasteiger partial charge >= 0.3 is 0 Å². The second-order valence-corrected chi connectivity index (χ2v) is 4.77. The zero-order valence-electron chi connectivity index (χ0n) is 8.43. The number of alkyl halides is 1. The van der Waals surface area contributed by atoms with E-state index in [2.05, 4.69) is 38.5 Å². The number of Topliss-reactive ketones (excluding diaryl/α,β-unsaturated/α-hetero) is 1. The molecule has 0 saturated carbocycles. The van der Waals surface area contributed by atoms with E-state index in [1.807, 2.05) is 25.1 Å². The third kappa shape index (κ3) is 4.10. The van der Waals surface area contributed by atoms with Crippen LogP contribution in [0.15, 0.2) is 18.2 Å². The van der Waals surface area contributed by atoms with Gasteiger partial charge in [-0.1, -0.05) is 22.0 Å². The molecule has 0 atom stereocenters. The molecule has 4 heteroatoms. The summed E-state index contributed by atoms with van der Waals surface area (Å²) in [6.45, 7) is 2.62. The minimum atomic E-state index is 0.190. The largest absolute Gasteiger partial charge is 0.493 e. The topological polar surface area (TPSA) is 26.3 Å². The first-order valence-corrected chi connectivity index (χ1v) is 6.86. The SMILES string of the molecule is CCOc1ccc(CC(=O)CBr)cc1I. The maximum Gasteiger partial charge on any atom is 0.147 e. The van der Waals surface area contributed by atoms with E-state index in [9.17, 15) is 4.79 Å². The van der Waals surface area contributed by atoms with Crippen molar-refractivity contribution in [1.29, 1.82) is 0 Å². The van der Waals surface area contributed by atoms with Crippen molar-refractivity contribution in [2.45, 2.75) is 13.3 Å². The van der Waals surface area contributed by atoms with Gasteiger partial charge in [-0.05, 0) is 47.2 Å². The van der Waals surface area contributed by atoms with Gasteiger partial charge in [-0.2, -0.15) is 0 Å². The molecule has 0 unspecified atom stereocenters. The van der Waals surface area contributed by atoms with E-state index < -0.39 is 0 Å². The zero-order valence-corrected chi connectivity index (χ0v) is 12.2. The molecule has 0 radical (unpaired) electrons. The highest BCUT2D eigenvalue weighted by molar-refractivity contribution is 14.1. The van der Waals surface area contributed by atoms with Gasteiger partial charge in [-0.3, -0.25) is 4.79 Å². The molecule has 0 heterocycles. The van der Waals surface area contributed by atoms with Crippen LogP contribution < -0.4 is 4.74 Å². The van der Waals surface area contributed by atoms with Crippen LogP contribution in [0.3, 0.4) is 0 Å². The summed E-state index contributed by atoms with van der Waals surface area (Å²) in [5.74, 6) is 1.07. The highest BCUT2D eigenvalue weighted by Gasteiger charge is 2.05. The molecule has 0 aliphatic carbocycles. The average Bonchev–Trinajstić information content (AvgIpc) is 2.22. The molecule has 15 heavy (non-hydrogen) atoms. The fraction of sp³-hybridized carbons (Fsp3) is 0.364. The minimum absolute atomic E-state index is 0.190. The lowest BCUT2D eigenvalue weighted by atomic mass is 10.1. The summed E-state index contributed by atoms with van der Waals surface area (Å²) in [5.41, 5.74) is 1.03. The lowest BCUT2D eigenvalue weighted by Crippen LogP contribution is -2.04. The number of halogens is 2. The van der Waals surface area contributed by atoms with Crippen LogP contribution in [0.25, 0.3) is 0 Å². The lowest BCUT2D eigenvalue weighted by Gasteiger charge is -2.07. The molecule has 1 aromatic rings. The normalized spacial score (nSPS) is 10.1. The number of benzene rings is 1. The Morgan fingerprint density at radius 1 is 1.53 bits per heavy atom. The Hall–Kier alpha value is -0.100. The van der Waals surface area contributed by atoms with E-state index >= 15 is 0 Å². The van der Waals surface area contributed by atoms with Crippen molar-refractivity contribution in [2.75, 3.05) is 11.9 Å². The highest BCUT2D eigenvalue weighted by Crippen LogP contribution is 2.22. The zero-order chi connectivity index (χ0) is 11.3. The molecule has 82 valence electrons. The third-order valence-corrected chi connectivity index (χ3v) is 3.31. The number of hydrogen-bond acceptors (Lipinski definition) is 2. The molecule has 0 spiro atoms. The van der Waals surface area contributed by atoms with Gasteiger partial charge < -0.3 is 4.74 Å². The van der Waals surface area contributed by atoms with Crippen molar-refractivity contribution < 1.29 is 9.53 Å². The number of ether oxygens (including phenoxy) is 1. The summed E-state index contributed by atoms with van der Waals surface area (Å²) >= 11 is 5.37. The molecule has 0 aliphatic heterocycles. The highest BCUT2D eigenvalue weighted by atomic mass is 127. The van der Waals surface area contributed by atoms with Crippen LogP contribution in [-0.2, 0) is 11.2 Å². The quantitative estimate of drug-likeness (QED) is 0.577. The van der Waals surface area contributed by atoms with Crippen molar-refractivity contribution in [3.8, 4) is 5.75 Å². The van der Waals surface area contributed by atoms with E-state index in [1.165, 1.54) is 0 Å². The Bertz CT molecular complexity index is 352. The van der Waals surface area contributed by atoms with E-state index in [0.29, 0.717) is 18.4 Å². The first kappa shape index (κ1) is 13.0. The van der Waals surface area contributed by atoms with E-state index in [4.69, 9.17) is 4.74 Å². The maximum absolute atomic E-state index is 11.2. The molecular formula is C11H12BrIO2. The smallest absolute Gasteiger partial charge is 0.147 e. The fourth-order valence-electron chi connectivity index (χ4n) is 1.20. The van der Waals surface area contributed by atoms with Gasteiger partial charge in [-0.25, -0.2) is 0 Å². The number of carbonyl (C=O) groups excluding carboxylic acids is 1. The van der Waals surface area contributed by atoms with E-state index in [0.717, 1.165) is 14.9 Å². The van der Waals surface area contributed by atoms with Crippen LogP contribution >= 0.6 is 38.5 Å². The molecule has 0 saturated heterocycles. The Morgan fingerprint density at radius 3 is 2.80 bits per heavy atom. The monoisotopic (exact) mass is 382 g/mol. The molecule has 0 bridgehead atoms. The second-order valence-electron chi connectivity index (χ2n) is 3.05. The molecular weight excluding hydrogens is 371 g/mol. The van der Waals surface area contributed by atoms with Crippen LogP contribution in [0.5, 0.6) is 5.75 Å². The maximum atomic E-state index is 11.2. The molecule has 0 N–H and O–H groups in total. The van der Waals surface area contributed by atoms with Crippen LogP contribution in [0, 0.1) is 3.57 Å². The van der Waals surface area contributed by atoms with Gasteiger partial charge in [0.25, 0.3) is 0 Å². The number of ketones is 1. The predicted molar refractivity (Wildman–Crippen MR) is 72.8 cm³/mol. The first-order valence-electron chi connectivity index (χ1n) is 4.66. The Morgan fingerprint density at radius 2 is 2.27 bits per heavy atom. The summed E-state index contributed by atoms with van der Waals surface area (Å²) < 4.78 is 6.47. The molecule has 0 amide bonds. The number of rotatable bonds is 5. The first-order chi connectivity index (χ1) is 7.17. The fourth-order valence-corrected chi connectivity index (χ4v) is 2.14. The average molecular weight is 383 g/mol. The van der Waals surface area contributed by atoms with Crippen molar-refractivity contribution in [3.05, 3.63) is 27.3 Å². The van der Waals surface area contributed by atoms with Crippen LogP contribution in [-0.4, -0.2) is 17.7 Å². The van der Waals surface area contributed by atoms with Crippen molar-refractivity contribution >= 4 is 44.3 Å². The van der Waals surface area contributed by atoms with Gasteiger partial charge in [0, 0.05) is 6.42 Å². The lowest BCUT2D eigenvalue weighted by molar-refractivity contribution is -0.115. The van der Waals surface area contributed by atoms with Crippen molar-refractivity contribution in [2.24, 2.45) is 0 Å². The standard InChI is InChI=1S/C11H12BrIO2/c1-2-15-11-4-3-8(6-10(11)13)5-9(14)7-12/h3-4,6H,2,5,7H2,1H3. The van der Waals surface area contributed by atoms with Gasteiger partial charge in [0.1, 0.15) is 11.5 Å². The van der Waals surface area contributed by atoms with Gasteiger partial charge in [0.05, 0.1) is 15.5 Å². The molecule has 1 rings (SSSR count). The van der Waals surface area contributed by atoms with E-state index in [-0.39, 0.29) is 5.78 Å². The summed E-state index contributed by atoms with van der Waals surface area (Å²) in [7, 11) is 0. The Kier molecular flexibility index (Phi) is 5.60. The van der Waals surface area contributed by atoms with Gasteiger partial charge in [-0.15, -0.1) is 0 Å². The second kappa shape index (κ2) is 6.48. The summed E-state index contributed by atoms with van der Waals surface area (Å²) in [6, 6.07) is 5.85. The van der Waals surface area contributed by atoms with Crippen molar-refractivity contribution in [3.63, 3.8) is 0 Å². The molecule has 1 aromatic carbocycles. The summed E-state index contributed by atoms with van der Waals surface area (Å²) in [6.07, 6.45) is 0.480. The van der Waals surface area contributed by atoms with E-state index in [1.54, 1.807) is 0 Å². The predicted octanol–water partition coefficient (Wildman–Crippen LogP) is 3.20. The number of carbonyl (C=O) groups is 1. The molecule has 0 aromatic heterocycles. The minimum Gasteiger partial charge on any atom is -0.493 e. The van der Waals surface area contributed by atoms with Crippen molar-refractivity contribution in [1.82, 2.24) is 0 Å². The molecule has 2 nitrogen and oxygen atoms in total. The Balaban J connectivity index is 2.77. The van der Waals surface area contributed by atoms with Crippen LogP contribution in [0.4, 0.5) is 0 Å². The van der Waals surface area contributed by atoms with Gasteiger partial charge in [0.15, 0.2) is 0 Å². The summed E-state index contributed by atoms with van der Waals surface area (Å²) in [4.78, 5) is 11.2. The van der Waals surface area contributed by atoms with Gasteiger partial charge in [0.2, 0.25) is 0 Å². The number of hydrogen-bond donors (Lipinski definition) is 0. The Labute approximate surface area is 112 Å². The molecule has 0 aliphatic rings. The van der Waals surface area contributed by atoms with Crippen LogP contribution in [0.1, 0.15) is 12.5 Å². The molecule has 0 fully saturated rings.